The molecule has 0 atom stereocenters. The predicted molar refractivity (Wildman–Crippen MR) is 65.0 cm³/mol. The summed E-state index contributed by atoms with van der Waals surface area (Å²) >= 11 is 0.569. The van der Waals surface area contributed by atoms with E-state index in [0.717, 1.165) is 12.8 Å². The molecule has 0 heterocycles. The molecule has 0 spiro atoms. The molecular weight excluding hydrogens is 187 g/mol. The van der Waals surface area contributed by atoms with Crippen LogP contribution in [-0.4, -0.2) is 21.8 Å². The number of hydrogen-bond donors (Lipinski definition) is 0. The minimum atomic E-state index is 0.0938. The van der Waals surface area contributed by atoms with E-state index in [4.69, 9.17) is 0 Å². The molecule has 14 heavy (non-hydrogen) atoms. The molecule has 0 saturated carbocycles. The van der Waals surface area contributed by atoms with Crippen molar-refractivity contribution in [2.75, 3.05) is 6.61 Å². The van der Waals surface area contributed by atoms with Gasteiger partial charge < -0.3 is 5.11 Å². The van der Waals surface area contributed by atoms with Crippen LogP contribution in [0.5, 0.6) is 0 Å². The summed E-state index contributed by atoms with van der Waals surface area (Å²) in [5.74, 6) is 0. The molecule has 0 N–H and O–H groups in total. The van der Waals surface area contributed by atoms with Crippen LogP contribution >= 0.6 is 0 Å². The fourth-order valence-corrected chi connectivity index (χ4v) is 4.04. The van der Waals surface area contributed by atoms with E-state index < -0.39 is 0 Å². The quantitative estimate of drug-likeness (QED) is 0.647. The van der Waals surface area contributed by atoms with Crippen LogP contribution in [0, 0.1) is 0 Å². The number of unbranched alkanes of at least 4 members (excludes halogenated alkanes) is 1. The topological polar surface area (TPSA) is 23.1 Å². The standard InChI is InChI=1S/C4H9O.2C4H9.Al/c1-2-3-4-5;2*1-4(2)3;/h2-4H2,1H3;2*1-3H3;/q-1;;;+1. The van der Waals surface area contributed by atoms with Gasteiger partial charge in [-0.2, -0.15) is 0 Å². The zero-order valence-electron chi connectivity index (χ0n) is 11.1. The van der Waals surface area contributed by atoms with E-state index in [-0.39, 0.29) is 6.61 Å². The Bertz CT molecular complexity index is 105. The predicted octanol–water partition coefficient (Wildman–Crippen LogP) is 3.27. The van der Waals surface area contributed by atoms with Crippen molar-refractivity contribution in [1.82, 2.24) is 0 Å². The average Bonchev–Trinajstić information content (AvgIpc) is 1.81. The molecule has 84 valence electrons. The van der Waals surface area contributed by atoms with Gasteiger partial charge in [0.05, 0.1) is 0 Å². The molecule has 0 fully saturated rings. The molecule has 0 aromatic carbocycles. The van der Waals surface area contributed by atoms with Gasteiger partial charge in [0.15, 0.2) is 0 Å². The second-order valence-corrected chi connectivity index (χ2v) is 9.69. The zero-order valence-corrected chi connectivity index (χ0v) is 12.3. The Labute approximate surface area is 97.0 Å². The van der Waals surface area contributed by atoms with Gasteiger partial charge in [0.2, 0.25) is 0 Å². The Morgan fingerprint density at radius 2 is 1.29 bits per heavy atom. The van der Waals surface area contributed by atoms with Gasteiger partial charge in [-0.25, -0.2) is 0 Å². The summed E-state index contributed by atoms with van der Waals surface area (Å²) in [5, 5.41) is 9.53. The van der Waals surface area contributed by atoms with Crippen LogP contribution in [0.1, 0.15) is 61.3 Å². The first-order valence-electron chi connectivity index (χ1n) is 5.57. The summed E-state index contributed by atoms with van der Waals surface area (Å²) in [4.78, 5) is 0. The van der Waals surface area contributed by atoms with E-state index in [1.54, 1.807) is 0 Å². The van der Waals surface area contributed by atoms with Gasteiger partial charge in [0.25, 0.3) is 0 Å². The molecular formula is C12H27AlO. The SMILES string of the molecule is CCCC[O-].C[C](C)(C)[Al+][C](C)(C)C. The summed E-state index contributed by atoms with van der Waals surface area (Å²) in [5.41, 5.74) is 0. The fraction of sp³-hybridized carbons (Fsp3) is 1.00. The second-order valence-electron chi connectivity index (χ2n) is 5.93. The molecule has 2 heteroatoms. The van der Waals surface area contributed by atoms with Crippen LogP contribution in [0.4, 0.5) is 0 Å². The molecule has 0 unspecified atom stereocenters. The van der Waals surface area contributed by atoms with E-state index in [0.29, 0.717) is 23.8 Å². The summed E-state index contributed by atoms with van der Waals surface area (Å²) in [6.45, 7) is 16.1. The first kappa shape index (κ1) is 16.9. The van der Waals surface area contributed by atoms with Crippen LogP contribution in [0.2, 0.25) is 8.55 Å². The van der Waals surface area contributed by atoms with Gasteiger partial charge >= 0.3 is 65.3 Å². The molecule has 0 aromatic rings. The summed E-state index contributed by atoms with van der Waals surface area (Å²) in [7, 11) is 0. The van der Waals surface area contributed by atoms with Crippen LogP contribution in [0.3, 0.4) is 0 Å². The van der Waals surface area contributed by atoms with E-state index in [1.807, 2.05) is 6.92 Å². The first-order valence-corrected chi connectivity index (χ1v) is 6.73. The van der Waals surface area contributed by atoms with Crippen molar-refractivity contribution in [2.45, 2.75) is 69.9 Å². The van der Waals surface area contributed by atoms with Gasteiger partial charge in [-0.1, -0.05) is 19.8 Å². The first-order chi connectivity index (χ1) is 6.12. The van der Waals surface area contributed by atoms with Gasteiger partial charge in [0.1, 0.15) is 0 Å². The van der Waals surface area contributed by atoms with E-state index >= 15 is 0 Å². The van der Waals surface area contributed by atoms with Crippen molar-refractivity contribution in [2.24, 2.45) is 0 Å². The molecule has 0 aromatic heterocycles. The monoisotopic (exact) mass is 214 g/mol. The average molecular weight is 214 g/mol. The molecule has 0 aliphatic carbocycles. The Hall–Kier alpha value is 0.492. The van der Waals surface area contributed by atoms with E-state index in [9.17, 15) is 5.11 Å². The van der Waals surface area contributed by atoms with E-state index in [1.165, 1.54) is 0 Å². The molecule has 0 bridgehead atoms. The Kier molecular flexibility index (Phi) is 9.35. The maximum atomic E-state index is 9.53. The summed E-state index contributed by atoms with van der Waals surface area (Å²) < 4.78 is 1.14. The molecule has 0 aliphatic rings. The van der Waals surface area contributed by atoms with Crippen LogP contribution in [-0.2, 0) is 0 Å². The molecule has 0 saturated heterocycles. The van der Waals surface area contributed by atoms with Crippen LogP contribution in [0.25, 0.3) is 0 Å². The summed E-state index contributed by atoms with van der Waals surface area (Å²) in [6.07, 6.45) is 1.86. The number of rotatable bonds is 2. The normalized spacial score (nSPS) is 11.4. The summed E-state index contributed by atoms with van der Waals surface area (Å²) in [6, 6.07) is 0. The third kappa shape index (κ3) is 22.9. The maximum absolute atomic E-state index is 9.53. The number of hydrogen-bond acceptors (Lipinski definition) is 1. The Balaban J connectivity index is 0. The van der Waals surface area contributed by atoms with Crippen LogP contribution < -0.4 is 5.11 Å². The third-order valence-electron chi connectivity index (χ3n) is 1.36. The van der Waals surface area contributed by atoms with Crippen molar-refractivity contribution in [3.63, 3.8) is 0 Å². The van der Waals surface area contributed by atoms with Crippen molar-refractivity contribution in [3.8, 4) is 0 Å². The van der Waals surface area contributed by atoms with Gasteiger partial charge in [-0.15, -0.1) is 6.61 Å². The zero-order chi connectivity index (χ0) is 11.8. The van der Waals surface area contributed by atoms with E-state index in [2.05, 4.69) is 41.5 Å². The fourth-order valence-electron chi connectivity index (χ4n) is 1.44. The molecule has 0 rings (SSSR count). The minimum absolute atomic E-state index is 0.0938. The Morgan fingerprint density at radius 1 is 0.929 bits per heavy atom. The molecule has 1 nitrogen and oxygen atoms in total. The van der Waals surface area contributed by atoms with Gasteiger partial charge in [-0.05, 0) is 0 Å². The van der Waals surface area contributed by atoms with Crippen LogP contribution in [0.15, 0.2) is 0 Å². The Morgan fingerprint density at radius 3 is 1.29 bits per heavy atom. The second kappa shape index (κ2) is 7.74. The van der Waals surface area contributed by atoms with Gasteiger partial charge in [-0.3, -0.25) is 0 Å². The van der Waals surface area contributed by atoms with Crippen molar-refractivity contribution in [3.05, 3.63) is 0 Å². The van der Waals surface area contributed by atoms with Crippen molar-refractivity contribution in [1.29, 1.82) is 0 Å². The molecule has 0 radical (unpaired) electrons. The molecule has 0 aliphatic heterocycles. The third-order valence-corrected chi connectivity index (χ3v) is 3.10. The molecule has 0 amide bonds. The van der Waals surface area contributed by atoms with Crippen molar-refractivity contribution < 1.29 is 5.11 Å². The van der Waals surface area contributed by atoms with Gasteiger partial charge in [0, 0.05) is 0 Å². The van der Waals surface area contributed by atoms with Crippen molar-refractivity contribution >= 4 is 15.2 Å².